The minimum atomic E-state index is 0.510. The molecule has 3 heterocycles. The molecule has 0 radical (unpaired) electrons. The number of rotatable bonds is 1. The standard InChI is InChI=1S/C9H11N5/c1-14-9-8(11-2-3-12-9)7(13-14)6-4-10-5-6/h2-3,6,10H,4-5H2,1H3. The predicted octanol–water partition coefficient (Wildman–Crippen LogP) is 0.0501. The summed E-state index contributed by atoms with van der Waals surface area (Å²) in [6.07, 6.45) is 3.42. The first-order valence-corrected chi connectivity index (χ1v) is 4.70. The highest BCUT2D eigenvalue weighted by atomic mass is 15.3. The van der Waals surface area contributed by atoms with E-state index in [0.717, 1.165) is 29.9 Å². The Bertz CT molecular complexity index is 471. The minimum absolute atomic E-state index is 0.510. The van der Waals surface area contributed by atoms with Gasteiger partial charge >= 0.3 is 0 Å². The van der Waals surface area contributed by atoms with Crippen LogP contribution in [0.2, 0.25) is 0 Å². The van der Waals surface area contributed by atoms with Gasteiger partial charge < -0.3 is 5.32 Å². The van der Waals surface area contributed by atoms with Gasteiger partial charge in [-0.2, -0.15) is 5.10 Å². The molecule has 1 aliphatic rings. The van der Waals surface area contributed by atoms with E-state index < -0.39 is 0 Å². The molecule has 0 unspecified atom stereocenters. The van der Waals surface area contributed by atoms with E-state index in [4.69, 9.17) is 0 Å². The van der Waals surface area contributed by atoms with Crippen molar-refractivity contribution in [3.8, 4) is 0 Å². The second-order valence-corrected chi connectivity index (χ2v) is 3.59. The van der Waals surface area contributed by atoms with Crippen LogP contribution in [0, 0.1) is 0 Å². The summed E-state index contributed by atoms with van der Waals surface area (Å²) < 4.78 is 1.80. The van der Waals surface area contributed by atoms with Crippen LogP contribution >= 0.6 is 0 Å². The van der Waals surface area contributed by atoms with Crippen molar-refractivity contribution in [3.05, 3.63) is 18.1 Å². The molecule has 1 saturated heterocycles. The first kappa shape index (κ1) is 7.87. The Labute approximate surface area is 81.2 Å². The summed E-state index contributed by atoms with van der Waals surface area (Å²) in [4.78, 5) is 8.59. The Morgan fingerprint density at radius 2 is 2.14 bits per heavy atom. The molecule has 1 fully saturated rings. The SMILES string of the molecule is Cn1nc(C2CNC2)c2nccnc21. The number of aryl methyl sites for hydroxylation is 1. The average molecular weight is 189 g/mol. The number of nitrogens with one attached hydrogen (secondary N) is 1. The van der Waals surface area contributed by atoms with Crippen molar-refractivity contribution in [2.45, 2.75) is 5.92 Å². The first-order chi connectivity index (χ1) is 6.86. The van der Waals surface area contributed by atoms with Crippen LogP contribution in [-0.4, -0.2) is 32.8 Å². The van der Waals surface area contributed by atoms with Crippen LogP contribution in [0.25, 0.3) is 11.2 Å². The zero-order valence-corrected chi connectivity index (χ0v) is 7.94. The fraction of sp³-hybridized carbons (Fsp3) is 0.444. The molecule has 5 heteroatoms. The third-order valence-corrected chi connectivity index (χ3v) is 2.65. The normalized spacial score (nSPS) is 17.2. The number of hydrogen-bond donors (Lipinski definition) is 1. The topological polar surface area (TPSA) is 55.6 Å². The van der Waals surface area contributed by atoms with E-state index in [0.29, 0.717) is 5.92 Å². The summed E-state index contributed by atoms with van der Waals surface area (Å²) in [6, 6.07) is 0. The lowest BCUT2D eigenvalue weighted by Gasteiger charge is -2.25. The lowest BCUT2D eigenvalue weighted by atomic mass is 9.99. The summed E-state index contributed by atoms with van der Waals surface area (Å²) >= 11 is 0. The van der Waals surface area contributed by atoms with Gasteiger partial charge in [0, 0.05) is 38.4 Å². The maximum Gasteiger partial charge on any atom is 0.176 e. The van der Waals surface area contributed by atoms with Crippen molar-refractivity contribution in [2.75, 3.05) is 13.1 Å². The Kier molecular flexibility index (Phi) is 1.55. The van der Waals surface area contributed by atoms with Crippen molar-refractivity contribution in [1.29, 1.82) is 0 Å². The van der Waals surface area contributed by atoms with Crippen LogP contribution < -0.4 is 5.32 Å². The van der Waals surface area contributed by atoms with Gasteiger partial charge in [0.25, 0.3) is 0 Å². The Morgan fingerprint density at radius 1 is 1.36 bits per heavy atom. The smallest absolute Gasteiger partial charge is 0.176 e. The second-order valence-electron chi connectivity index (χ2n) is 3.59. The fourth-order valence-electron chi connectivity index (χ4n) is 1.76. The van der Waals surface area contributed by atoms with Crippen molar-refractivity contribution in [2.24, 2.45) is 7.05 Å². The van der Waals surface area contributed by atoms with Crippen LogP contribution in [0.15, 0.2) is 12.4 Å². The quantitative estimate of drug-likeness (QED) is 0.688. The van der Waals surface area contributed by atoms with Gasteiger partial charge in [0.15, 0.2) is 5.65 Å². The van der Waals surface area contributed by atoms with Gasteiger partial charge in [-0.1, -0.05) is 0 Å². The van der Waals surface area contributed by atoms with Crippen molar-refractivity contribution < 1.29 is 0 Å². The van der Waals surface area contributed by atoms with Crippen molar-refractivity contribution in [1.82, 2.24) is 25.1 Å². The molecule has 1 N–H and O–H groups in total. The summed E-state index contributed by atoms with van der Waals surface area (Å²) in [7, 11) is 1.91. The van der Waals surface area contributed by atoms with Crippen LogP contribution in [0.3, 0.4) is 0 Å². The maximum absolute atomic E-state index is 4.46. The zero-order chi connectivity index (χ0) is 9.54. The van der Waals surface area contributed by atoms with Gasteiger partial charge in [0.1, 0.15) is 5.52 Å². The van der Waals surface area contributed by atoms with Crippen molar-refractivity contribution in [3.63, 3.8) is 0 Å². The molecule has 0 atom stereocenters. The molecule has 2 aromatic heterocycles. The molecule has 3 rings (SSSR count). The van der Waals surface area contributed by atoms with Gasteiger partial charge in [-0.25, -0.2) is 14.6 Å². The molecule has 2 aromatic rings. The second kappa shape index (κ2) is 2.75. The Morgan fingerprint density at radius 3 is 2.86 bits per heavy atom. The van der Waals surface area contributed by atoms with Gasteiger partial charge in [-0.05, 0) is 0 Å². The molecular weight excluding hydrogens is 178 g/mol. The predicted molar refractivity (Wildman–Crippen MR) is 51.9 cm³/mol. The number of fused-ring (bicyclic) bond motifs is 1. The third kappa shape index (κ3) is 0.957. The summed E-state index contributed by atoms with van der Waals surface area (Å²) in [5, 5.41) is 7.70. The molecule has 72 valence electrons. The maximum atomic E-state index is 4.46. The van der Waals surface area contributed by atoms with Crippen LogP contribution in [-0.2, 0) is 7.05 Å². The summed E-state index contributed by atoms with van der Waals surface area (Å²) in [6.45, 7) is 2.01. The molecule has 14 heavy (non-hydrogen) atoms. The van der Waals surface area contributed by atoms with E-state index in [9.17, 15) is 0 Å². The Balaban J connectivity index is 2.23. The van der Waals surface area contributed by atoms with E-state index in [1.165, 1.54) is 0 Å². The van der Waals surface area contributed by atoms with E-state index in [-0.39, 0.29) is 0 Å². The average Bonchev–Trinajstić information content (AvgIpc) is 2.43. The molecule has 0 aliphatic carbocycles. The molecule has 0 saturated carbocycles. The number of hydrogen-bond acceptors (Lipinski definition) is 4. The van der Waals surface area contributed by atoms with E-state index in [2.05, 4.69) is 20.4 Å². The number of aromatic nitrogens is 4. The molecule has 0 aromatic carbocycles. The van der Waals surface area contributed by atoms with E-state index in [1.54, 1.807) is 17.1 Å². The minimum Gasteiger partial charge on any atom is -0.315 e. The number of nitrogens with zero attached hydrogens (tertiary/aromatic N) is 4. The zero-order valence-electron chi connectivity index (χ0n) is 7.94. The molecule has 0 bridgehead atoms. The lowest BCUT2D eigenvalue weighted by molar-refractivity contribution is 0.438. The first-order valence-electron chi connectivity index (χ1n) is 4.70. The van der Waals surface area contributed by atoms with E-state index >= 15 is 0 Å². The highest BCUT2D eigenvalue weighted by molar-refractivity contribution is 5.73. The van der Waals surface area contributed by atoms with Gasteiger partial charge in [-0.15, -0.1) is 0 Å². The Hall–Kier alpha value is -1.49. The van der Waals surface area contributed by atoms with Gasteiger partial charge in [0.05, 0.1) is 5.69 Å². The largest absolute Gasteiger partial charge is 0.315 e. The monoisotopic (exact) mass is 189 g/mol. The van der Waals surface area contributed by atoms with Crippen LogP contribution in [0.4, 0.5) is 0 Å². The van der Waals surface area contributed by atoms with Crippen LogP contribution in [0.1, 0.15) is 11.6 Å². The summed E-state index contributed by atoms with van der Waals surface area (Å²) in [5.41, 5.74) is 2.89. The van der Waals surface area contributed by atoms with Gasteiger partial charge in [-0.3, -0.25) is 0 Å². The van der Waals surface area contributed by atoms with Crippen LogP contribution in [0.5, 0.6) is 0 Å². The molecular formula is C9H11N5. The highest BCUT2D eigenvalue weighted by Gasteiger charge is 2.25. The molecule has 0 amide bonds. The molecule has 1 aliphatic heterocycles. The van der Waals surface area contributed by atoms with E-state index in [1.807, 2.05) is 7.05 Å². The van der Waals surface area contributed by atoms with Crippen molar-refractivity contribution >= 4 is 11.2 Å². The summed E-state index contributed by atoms with van der Waals surface area (Å²) in [5.74, 6) is 0.510. The lowest BCUT2D eigenvalue weighted by Crippen LogP contribution is -2.40. The fourth-order valence-corrected chi connectivity index (χ4v) is 1.76. The molecule has 0 spiro atoms. The molecule has 5 nitrogen and oxygen atoms in total. The van der Waals surface area contributed by atoms with Gasteiger partial charge in [0.2, 0.25) is 0 Å². The third-order valence-electron chi connectivity index (χ3n) is 2.65. The highest BCUT2D eigenvalue weighted by Crippen LogP contribution is 2.23.